The summed E-state index contributed by atoms with van der Waals surface area (Å²) >= 11 is 0. The maximum absolute atomic E-state index is 9.00. The molecule has 0 aromatic carbocycles. The molecular formula is C13H28N2O. The minimum atomic E-state index is 0.333. The van der Waals surface area contributed by atoms with Crippen LogP contribution in [0.25, 0.3) is 0 Å². The molecule has 0 spiro atoms. The highest BCUT2D eigenvalue weighted by atomic mass is 16.3. The van der Waals surface area contributed by atoms with Crippen LogP contribution in [0.2, 0.25) is 0 Å². The van der Waals surface area contributed by atoms with Crippen molar-refractivity contribution in [2.75, 3.05) is 33.3 Å². The standard InChI is InChI=1S/C13H28N2O/c1-3-4-12(7-10-16)11-14-13-5-8-15(2)9-6-13/h12-14,16H,3-11H2,1-2H3. The molecule has 0 aromatic heterocycles. The minimum Gasteiger partial charge on any atom is -0.396 e. The van der Waals surface area contributed by atoms with E-state index in [9.17, 15) is 0 Å². The molecule has 16 heavy (non-hydrogen) atoms. The van der Waals surface area contributed by atoms with E-state index < -0.39 is 0 Å². The maximum Gasteiger partial charge on any atom is 0.0434 e. The Hall–Kier alpha value is -0.120. The number of hydrogen-bond acceptors (Lipinski definition) is 3. The monoisotopic (exact) mass is 228 g/mol. The number of rotatable bonds is 7. The predicted octanol–water partition coefficient (Wildman–Crippen LogP) is 1.47. The highest BCUT2D eigenvalue weighted by molar-refractivity contribution is 4.76. The normalized spacial score (nSPS) is 21.2. The number of likely N-dealkylation sites (tertiary alicyclic amines) is 1. The lowest BCUT2D eigenvalue weighted by atomic mass is 9.98. The van der Waals surface area contributed by atoms with Gasteiger partial charge in [-0.1, -0.05) is 13.3 Å². The Balaban J connectivity index is 2.15. The van der Waals surface area contributed by atoms with E-state index in [0.717, 1.165) is 13.0 Å². The Morgan fingerprint density at radius 3 is 2.56 bits per heavy atom. The van der Waals surface area contributed by atoms with Crippen LogP contribution in [0, 0.1) is 5.92 Å². The molecule has 0 aromatic rings. The largest absolute Gasteiger partial charge is 0.396 e. The first-order valence-electron chi connectivity index (χ1n) is 6.79. The summed E-state index contributed by atoms with van der Waals surface area (Å²) in [6.07, 6.45) is 5.95. The van der Waals surface area contributed by atoms with Gasteiger partial charge in [-0.15, -0.1) is 0 Å². The Kier molecular flexibility index (Phi) is 7.01. The van der Waals surface area contributed by atoms with Gasteiger partial charge in [0.05, 0.1) is 0 Å². The van der Waals surface area contributed by atoms with Crippen LogP contribution in [0.1, 0.15) is 39.0 Å². The average Bonchev–Trinajstić information content (AvgIpc) is 2.29. The second kappa shape index (κ2) is 8.04. The third-order valence-electron chi connectivity index (χ3n) is 3.65. The predicted molar refractivity (Wildman–Crippen MR) is 68.6 cm³/mol. The molecule has 0 aliphatic carbocycles. The Bertz CT molecular complexity index is 161. The molecule has 1 aliphatic heterocycles. The first-order chi connectivity index (χ1) is 7.76. The topological polar surface area (TPSA) is 35.5 Å². The van der Waals surface area contributed by atoms with Crippen molar-refractivity contribution < 1.29 is 5.11 Å². The van der Waals surface area contributed by atoms with Gasteiger partial charge in [-0.25, -0.2) is 0 Å². The summed E-state index contributed by atoms with van der Waals surface area (Å²) in [6, 6.07) is 0.703. The van der Waals surface area contributed by atoms with E-state index in [1.165, 1.54) is 38.8 Å². The van der Waals surface area contributed by atoms with E-state index in [1.54, 1.807) is 0 Å². The van der Waals surface area contributed by atoms with E-state index in [-0.39, 0.29) is 0 Å². The zero-order valence-electron chi connectivity index (χ0n) is 10.9. The molecule has 0 amide bonds. The van der Waals surface area contributed by atoms with Crippen molar-refractivity contribution in [1.29, 1.82) is 0 Å². The maximum atomic E-state index is 9.00. The van der Waals surface area contributed by atoms with Gasteiger partial charge < -0.3 is 15.3 Å². The molecule has 1 saturated heterocycles. The number of nitrogens with one attached hydrogen (secondary N) is 1. The second-order valence-electron chi connectivity index (χ2n) is 5.15. The number of hydrogen-bond donors (Lipinski definition) is 2. The molecule has 3 heteroatoms. The number of nitrogens with zero attached hydrogens (tertiary/aromatic N) is 1. The van der Waals surface area contributed by atoms with Gasteiger partial charge in [0.15, 0.2) is 0 Å². The van der Waals surface area contributed by atoms with Crippen molar-refractivity contribution in [3.8, 4) is 0 Å². The third kappa shape index (κ3) is 5.28. The van der Waals surface area contributed by atoms with Gasteiger partial charge in [0, 0.05) is 12.6 Å². The van der Waals surface area contributed by atoms with Crippen molar-refractivity contribution in [3.63, 3.8) is 0 Å². The zero-order valence-corrected chi connectivity index (χ0v) is 10.9. The lowest BCUT2D eigenvalue weighted by molar-refractivity contribution is 0.215. The molecule has 1 heterocycles. The Morgan fingerprint density at radius 2 is 2.00 bits per heavy atom. The van der Waals surface area contributed by atoms with E-state index in [1.807, 2.05) is 0 Å². The number of piperidine rings is 1. The van der Waals surface area contributed by atoms with E-state index in [0.29, 0.717) is 18.6 Å². The summed E-state index contributed by atoms with van der Waals surface area (Å²) in [5.41, 5.74) is 0. The molecule has 0 saturated carbocycles. The van der Waals surface area contributed by atoms with Crippen molar-refractivity contribution >= 4 is 0 Å². The molecule has 1 unspecified atom stereocenters. The number of aliphatic hydroxyl groups is 1. The second-order valence-corrected chi connectivity index (χ2v) is 5.15. The lowest BCUT2D eigenvalue weighted by Crippen LogP contribution is -2.42. The summed E-state index contributed by atoms with van der Waals surface area (Å²) in [6.45, 7) is 6.08. The highest BCUT2D eigenvalue weighted by Gasteiger charge is 2.17. The summed E-state index contributed by atoms with van der Waals surface area (Å²) in [5, 5.41) is 12.7. The molecule has 0 bridgehead atoms. The molecule has 1 atom stereocenters. The van der Waals surface area contributed by atoms with Gasteiger partial charge in [0.1, 0.15) is 0 Å². The molecular weight excluding hydrogens is 200 g/mol. The van der Waals surface area contributed by atoms with Crippen LogP contribution in [-0.2, 0) is 0 Å². The van der Waals surface area contributed by atoms with Crippen molar-refractivity contribution in [3.05, 3.63) is 0 Å². The van der Waals surface area contributed by atoms with Crippen molar-refractivity contribution in [1.82, 2.24) is 10.2 Å². The quantitative estimate of drug-likeness (QED) is 0.692. The van der Waals surface area contributed by atoms with E-state index >= 15 is 0 Å². The summed E-state index contributed by atoms with van der Waals surface area (Å²) in [7, 11) is 2.20. The van der Waals surface area contributed by atoms with Crippen LogP contribution in [0.15, 0.2) is 0 Å². The zero-order chi connectivity index (χ0) is 11.8. The lowest BCUT2D eigenvalue weighted by Gasteiger charge is -2.30. The first kappa shape index (κ1) is 13.9. The van der Waals surface area contributed by atoms with Crippen molar-refractivity contribution in [2.45, 2.75) is 45.1 Å². The Morgan fingerprint density at radius 1 is 1.31 bits per heavy atom. The molecule has 0 radical (unpaired) electrons. The number of aliphatic hydroxyl groups excluding tert-OH is 1. The third-order valence-corrected chi connectivity index (χ3v) is 3.65. The van der Waals surface area contributed by atoms with Crippen LogP contribution < -0.4 is 5.32 Å². The molecule has 96 valence electrons. The molecule has 3 nitrogen and oxygen atoms in total. The van der Waals surface area contributed by atoms with Gasteiger partial charge in [-0.05, 0) is 58.3 Å². The van der Waals surface area contributed by atoms with E-state index in [2.05, 4.69) is 24.2 Å². The molecule has 1 rings (SSSR count). The molecule has 1 aliphatic rings. The van der Waals surface area contributed by atoms with Gasteiger partial charge >= 0.3 is 0 Å². The fourth-order valence-corrected chi connectivity index (χ4v) is 2.49. The van der Waals surface area contributed by atoms with Crippen LogP contribution in [0.4, 0.5) is 0 Å². The summed E-state index contributed by atoms with van der Waals surface area (Å²) in [5.74, 6) is 0.662. The van der Waals surface area contributed by atoms with Crippen LogP contribution in [-0.4, -0.2) is 49.3 Å². The fourth-order valence-electron chi connectivity index (χ4n) is 2.49. The highest BCUT2D eigenvalue weighted by Crippen LogP contribution is 2.12. The van der Waals surface area contributed by atoms with Crippen LogP contribution in [0.3, 0.4) is 0 Å². The summed E-state index contributed by atoms with van der Waals surface area (Å²) < 4.78 is 0. The first-order valence-corrected chi connectivity index (χ1v) is 6.79. The van der Waals surface area contributed by atoms with Crippen molar-refractivity contribution in [2.24, 2.45) is 5.92 Å². The van der Waals surface area contributed by atoms with Gasteiger partial charge in [0.25, 0.3) is 0 Å². The minimum absolute atomic E-state index is 0.333. The van der Waals surface area contributed by atoms with Gasteiger partial charge in [-0.2, -0.15) is 0 Å². The Labute approximate surface area is 100 Å². The fraction of sp³-hybridized carbons (Fsp3) is 1.00. The molecule has 2 N–H and O–H groups in total. The average molecular weight is 228 g/mol. The van der Waals surface area contributed by atoms with Crippen LogP contribution in [0.5, 0.6) is 0 Å². The smallest absolute Gasteiger partial charge is 0.0434 e. The van der Waals surface area contributed by atoms with Gasteiger partial charge in [0.2, 0.25) is 0 Å². The molecule has 1 fully saturated rings. The SMILES string of the molecule is CCCC(CCO)CNC1CCN(C)CC1. The van der Waals surface area contributed by atoms with E-state index in [4.69, 9.17) is 5.11 Å². The summed E-state index contributed by atoms with van der Waals surface area (Å²) in [4.78, 5) is 2.40. The van der Waals surface area contributed by atoms with Crippen LogP contribution >= 0.6 is 0 Å². The van der Waals surface area contributed by atoms with Gasteiger partial charge in [-0.3, -0.25) is 0 Å².